The second kappa shape index (κ2) is 15.6. The maximum absolute atomic E-state index is 12.4. The highest BCUT2D eigenvalue weighted by molar-refractivity contribution is 7.99. The third kappa shape index (κ3) is 12.1. The Bertz CT molecular complexity index is 1200. The number of rotatable bonds is 12. The van der Waals surface area contributed by atoms with Gasteiger partial charge in [-0.05, 0) is 56.8 Å². The van der Waals surface area contributed by atoms with Gasteiger partial charge in [-0.2, -0.15) is 11.8 Å². The monoisotopic (exact) mass is 644 g/mol. The summed E-state index contributed by atoms with van der Waals surface area (Å²) in [6.07, 6.45) is 5.37. The molecule has 1 aliphatic rings. The second-order valence-electron chi connectivity index (χ2n) is 16.5. The number of ether oxygens (including phenoxy) is 2. The fraction of sp³-hybridized carbons (Fsp3) is 0.684. The van der Waals surface area contributed by atoms with E-state index in [0.717, 1.165) is 27.8 Å². The Balaban J connectivity index is 1.73. The summed E-state index contributed by atoms with van der Waals surface area (Å²) in [5.41, 5.74) is 4.20. The molecule has 2 N–H and O–H groups in total. The number of aliphatic hydroxyl groups excluding tert-OH is 1. The molecule has 254 valence electrons. The van der Waals surface area contributed by atoms with Crippen LogP contribution < -0.4 is 0 Å². The van der Waals surface area contributed by atoms with Crippen LogP contribution in [-0.4, -0.2) is 53.0 Å². The van der Waals surface area contributed by atoms with Crippen molar-refractivity contribution in [1.29, 1.82) is 0 Å². The molecule has 1 aromatic rings. The SMILES string of the molecule is CC(C)(C)C1=CC(CCC(=O)OCCSCCOC(=O)CCc2cc(C(C)(C)C)c(O)c(C(C)(C)C)c2)=CC(C(C)(C)C)C1O. The van der Waals surface area contributed by atoms with Gasteiger partial charge in [0, 0.05) is 30.3 Å². The van der Waals surface area contributed by atoms with Crippen LogP contribution in [0.25, 0.3) is 0 Å². The fourth-order valence-corrected chi connectivity index (χ4v) is 6.14. The zero-order valence-electron chi connectivity index (χ0n) is 30.1. The van der Waals surface area contributed by atoms with Crippen molar-refractivity contribution in [1.82, 2.24) is 0 Å². The summed E-state index contributed by atoms with van der Waals surface area (Å²) in [5, 5.41) is 22.0. The third-order valence-corrected chi connectivity index (χ3v) is 9.17. The van der Waals surface area contributed by atoms with Gasteiger partial charge >= 0.3 is 11.9 Å². The third-order valence-electron chi connectivity index (χ3n) is 8.26. The molecule has 0 radical (unpaired) electrons. The molecule has 0 saturated heterocycles. The van der Waals surface area contributed by atoms with Gasteiger partial charge in [0.1, 0.15) is 19.0 Å². The van der Waals surface area contributed by atoms with Crippen LogP contribution in [0.1, 0.15) is 119 Å². The van der Waals surface area contributed by atoms with E-state index in [4.69, 9.17) is 9.47 Å². The molecule has 0 spiro atoms. The Morgan fingerprint density at radius 2 is 1.22 bits per heavy atom. The first kappa shape index (κ1) is 38.9. The zero-order chi connectivity index (χ0) is 34.4. The minimum Gasteiger partial charge on any atom is -0.507 e. The van der Waals surface area contributed by atoms with E-state index in [-0.39, 0.29) is 45.9 Å². The van der Waals surface area contributed by atoms with Crippen molar-refractivity contribution >= 4 is 23.7 Å². The lowest BCUT2D eigenvalue weighted by Crippen LogP contribution is -2.37. The summed E-state index contributed by atoms with van der Waals surface area (Å²) in [6, 6.07) is 4.02. The summed E-state index contributed by atoms with van der Waals surface area (Å²) in [5.74, 6) is 1.12. The van der Waals surface area contributed by atoms with Gasteiger partial charge in [0.05, 0.1) is 6.10 Å². The van der Waals surface area contributed by atoms with Crippen LogP contribution in [0.5, 0.6) is 5.75 Å². The van der Waals surface area contributed by atoms with E-state index in [1.165, 1.54) is 0 Å². The van der Waals surface area contributed by atoms with Crippen LogP contribution >= 0.6 is 11.8 Å². The van der Waals surface area contributed by atoms with Crippen molar-refractivity contribution in [3.8, 4) is 5.75 Å². The molecule has 2 rings (SSSR count). The van der Waals surface area contributed by atoms with Crippen molar-refractivity contribution in [2.24, 2.45) is 16.7 Å². The number of aliphatic hydroxyl groups is 1. The maximum Gasteiger partial charge on any atom is 0.306 e. The number of phenolic OH excluding ortho intramolecular Hbond substituents is 1. The summed E-state index contributed by atoms with van der Waals surface area (Å²) >= 11 is 1.58. The molecule has 0 bridgehead atoms. The van der Waals surface area contributed by atoms with Crippen LogP contribution in [0, 0.1) is 16.7 Å². The molecule has 2 atom stereocenters. The number of carbonyl (C=O) groups is 2. The van der Waals surface area contributed by atoms with Crippen LogP contribution in [0.2, 0.25) is 0 Å². The minimum atomic E-state index is -0.528. The van der Waals surface area contributed by atoms with Crippen molar-refractivity contribution in [3.05, 3.63) is 52.1 Å². The van der Waals surface area contributed by atoms with Crippen molar-refractivity contribution < 1.29 is 29.3 Å². The Morgan fingerprint density at radius 1 is 0.756 bits per heavy atom. The van der Waals surface area contributed by atoms with E-state index >= 15 is 0 Å². The quantitative estimate of drug-likeness (QED) is 0.174. The lowest BCUT2D eigenvalue weighted by atomic mass is 9.67. The van der Waals surface area contributed by atoms with Crippen LogP contribution in [0.15, 0.2) is 35.4 Å². The number of aryl methyl sites for hydroxylation is 1. The number of hydrogen-bond acceptors (Lipinski definition) is 7. The molecule has 6 nitrogen and oxygen atoms in total. The van der Waals surface area contributed by atoms with E-state index in [1.807, 2.05) is 12.1 Å². The van der Waals surface area contributed by atoms with Gasteiger partial charge in [0.25, 0.3) is 0 Å². The molecule has 0 heterocycles. The molecule has 2 unspecified atom stereocenters. The summed E-state index contributed by atoms with van der Waals surface area (Å²) in [7, 11) is 0. The number of phenols is 1. The molecular weight excluding hydrogens is 584 g/mol. The van der Waals surface area contributed by atoms with Gasteiger partial charge in [0.15, 0.2) is 0 Å². The van der Waals surface area contributed by atoms with Gasteiger partial charge in [-0.1, -0.05) is 113 Å². The van der Waals surface area contributed by atoms with Gasteiger partial charge in [0.2, 0.25) is 0 Å². The summed E-state index contributed by atoms with van der Waals surface area (Å²) < 4.78 is 10.9. The van der Waals surface area contributed by atoms with Gasteiger partial charge < -0.3 is 19.7 Å². The summed E-state index contributed by atoms with van der Waals surface area (Å²) in [4.78, 5) is 24.9. The lowest BCUT2D eigenvalue weighted by Gasteiger charge is -2.40. The number of thioether (sulfide) groups is 1. The predicted molar refractivity (Wildman–Crippen MR) is 187 cm³/mol. The Labute approximate surface area is 277 Å². The summed E-state index contributed by atoms with van der Waals surface area (Å²) in [6.45, 7) is 25.8. The molecule has 1 aromatic carbocycles. The minimum absolute atomic E-state index is 0.0105. The molecule has 0 fully saturated rings. The highest BCUT2D eigenvalue weighted by Gasteiger charge is 2.38. The van der Waals surface area contributed by atoms with E-state index in [0.29, 0.717) is 49.7 Å². The Morgan fingerprint density at radius 3 is 1.64 bits per heavy atom. The van der Waals surface area contributed by atoms with Crippen LogP contribution in [-0.2, 0) is 36.3 Å². The lowest BCUT2D eigenvalue weighted by molar-refractivity contribution is -0.143. The van der Waals surface area contributed by atoms with Crippen molar-refractivity contribution in [2.75, 3.05) is 24.7 Å². The van der Waals surface area contributed by atoms with E-state index < -0.39 is 6.10 Å². The molecule has 0 aromatic heterocycles. The van der Waals surface area contributed by atoms with E-state index in [9.17, 15) is 19.8 Å². The molecule has 0 saturated carbocycles. The molecule has 7 heteroatoms. The van der Waals surface area contributed by atoms with Gasteiger partial charge in [-0.3, -0.25) is 9.59 Å². The first-order valence-corrected chi connectivity index (χ1v) is 17.5. The number of aromatic hydroxyl groups is 1. The average molecular weight is 645 g/mol. The van der Waals surface area contributed by atoms with Crippen LogP contribution in [0.3, 0.4) is 0 Å². The molecular formula is C38H60O6S. The van der Waals surface area contributed by atoms with E-state index in [1.54, 1.807) is 11.8 Å². The van der Waals surface area contributed by atoms with Gasteiger partial charge in [-0.25, -0.2) is 0 Å². The number of benzene rings is 1. The first-order chi connectivity index (χ1) is 20.5. The molecule has 0 aliphatic heterocycles. The Hall–Kier alpha value is -2.25. The van der Waals surface area contributed by atoms with Gasteiger partial charge in [-0.15, -0.1) is 0 Å². The number of allylic oxidation sites excluding steroid dienone is 2. The molecule has 45 heavy (non-hydrogen) atoms. The predicted octanol–water partition coefficient (Wildman–Crippen LogP) is 8.46. The van der Waals surface area contributed by atoms with Crippen molar-refractivity contribution in [3.63, 3.8) is 0 Å². The van der Waals surface area contributed by atoms with Crippen molar-refractivity contribution in [2.45, 2.75) is 126 Å². The average Bonchev–Trinajstić information content (AvgIpc) is 2.88. The number of esters is 2. The number of hydrogen-bond donors (Lipinski definition) is 2. The maximum atomic E-state index is 12.4. The highest BCUT2D eigenvalue weighted by Crippen LogP contribution is 2.43. The molecule has 1 aliphatic carbocycles. The van der Waals surface area contributed by atoms with E-state index in [2.05, 4.69) is 95.2 Å². The topological polar surface area (TPSA) is 93.1 Å². The van der Waals surface area contributed by atoms with Crippen LogP contribution in [0.4, 0.5) is 0 Å². The standard InChI is InChI=1S/C38H60O6S/c1-35(2,3)27-21-25(22-28(33(27)41)36(4,5)6)13-15-31(39)43-17-19-45-20-18-44-32(40)16-14-26-23-29(37(7,8)9)34(42)30(24-26)38(10,11)12/h21-24,27,33,41-42H,13-20H2,1-12H3. The number of carbonyl (C=O) groups excluding carboxylic acids is 2. The fourth-order valence-electron chi connectivity index (χ4n) is 5.54. The second-order valence-corrected chi connectivity index (χ2v) is 17.7. The Kier molecular flexibility index (Phi) is 13.5. The molecule has 0 amide bonds. The zero-order valence-corrected chi connectivity index (χ0v) is 30.9. The first-order valence-electron chi connectivity index (χ1n) is 16.4. The normalized spacial score (nSPS) is 17.9. The largest absolute Gasteiger partial charge is 0.507 e. The highest BCUT2D eigenvalue weighted by atomic mass is 32.2. The smallest absolute Gasteiger partial charge is 0.306 e.